The van der Waals surface area contributed by atoms with Gasteiger partial charge in [-0.05, 0) is 30.0 Å². The zero-order chi connectivity index (χ0) is 15.7. The second-order valence-electron chi connectivity index (χ2n) is 5.26. The third-order valence-electron chi connectivity index (χ3n) is 3.76. The van der Waals surface area contributed by atoms with E-state index in [1.54, 1.807) is 14.2 Å². The Bertz CT molecular complexity index is 395. The van der Waals surface area contributed by atoms with E-state index >= 15 is 0 Å². The first-order chi connectivity index (χ1) is 10.2. The summed E-state index contributed by atoms with van der Waals surface area (Å²) in [5, 5.41) is 0. The molecule has 0 aliphatic rings. The number of nitrogens with two attached hydrogens (primary N) is 1. The zero-order valence-corrected chi connectivity index (χ0v) is 13.8. The zero-order valence-electron chi connectivity index (χ0n) is 13.8. The van der Waals surface area contributed by atoms with E-state index in [2.05, 4.69) is 13.8 Å². The highest BCUT2D eigenvalue weighted by molar-refractivity contribution is 5.53. The molecule has 0 saturated carbocycles. The van der Waals surface area contributed by atoms with Gasteiger partial charge >= 0.3 is 0 Å². The van der Waals surface area contributed by atoms with Gasteiger partial charge < -0.3 is 19.9 Å². The van der Waals surface area contributed by atoms with Gasteiger partial charge in [0.05, 0.1) is 20.8 Å². The molecule has 120 valence electrons. The van der Waals surface area contributed by atoms with E-state index in [1.165, 1.54) is 19.3 Å². The Morgan fingerprint density at radius 2 is 1.71 bits per heavy atom. The topological polar surface area (TPSA) is 53.7 Å². The summed E-state index contributed by atoms with van der Waals surface area (Å²) in [6.07, 6.45) is 4.76. The van der Waals surface area contributed by atoms with Crippen molar-refractivity contribution in [3.63, 3.8) is 0 Å². The van der Waals surface area contributed by atoms with Crippen LogP contribution >= 0.6 is 0 Å². The Labute approximate surface area is 128 Å². The van der Waals surface area contributed by atoms with Crippen LogP contribution in [0.1, 0.15) is 45.1 Å². The van der Waals surface area contributed by atoms with Crippen molar-refractivity contribution in [2.45, 2.75) is 46.1 Å². The molecule has 0 radical (unpaired) electrons. The minimum Gasteiger partial charge on any atom is -0.493 e. The predicted molar refractivity (Wildman–Crippen MR) is 86.2 cm³/mol. The van der Waals surface area contributed by atoms with E-state index in [0.717, 1.165) is 12.0 Å². The molecule has 4 nitrogen and oxygen atoms in total. The molecule has 0 spiro atoms. The lowest BCUT2D eigenvalue weighted by atomic mass is 10.0. The fourth-order valence-corrected chi connectivity index (χ4v) is 2.29. The van der Waals surface area contributed by atoms with Crippen molar-refractivity contribution in [2.75, 3.05) is 20.8 Å². The van der Waals surface area contributed by atoms with Gasteiger partial charge in [0, 0.05) is 6.54 Å². The standard InChI is InChI=1S/C17H29NO3/c1-5-7-8-13(6-2)12-21-17-15(19-3)9-14(11-18)10-16(17)20-4/h9-10,13H,5-8,11-12,18H2,1-4H3. The molecular formula is C17H29NO3. The summed E-state index contributed by atoms with van der Waals surface area (Å²) >= 11 is 0. The summed E-state index contributed by atoms with van der Waals surface area (Å²) < 4.78 is 16.8. The molecule has 1 rings (SSSR count). The van der Waals surface area contributed by atoms with E-state index < -0.39 is 0 Å². The fourth-order valence-electron chi connectivity index (χ4n) is 2.29. The van der Waals surface area contributed by atoms with Crippen LogP contribution < -0.4 is 19.9 Å². The number of benzene rings is 1. The Morgan fingerprint density at radius 3 is 2.14 bits per heavy atom. The first-order valence-electron chi connectivity index (χ1n) is 7.77. The molecule has 0 fully saturated rings. The van der Waals surface area contributed by atoms with Gasteiger partial charge in [0.25, 0.3) is 0 Å². The molecule has 0 aliphatic heterocycles. The van der Waals surface area contributed by atoms with Gasteiger partial charge in [-0.25, -0.2) is 0 Å². The van der Waals surface area contributed by atoms with Crippen molar-refractivity contribution in [1.29, 1.82) is 0 Å². The molecule has 0 heterocycles. The molecule has 0 saturated heterocycles. The number of ether oxygens (including phenoxy) is 3. The lowest BCUT2D eigenvalue weighted by Crippen LogP contribution is -2.12. The quantitative estimate of drug-likeness (QED) is 0.714. The number of rotatable bonds is 10. The number of methoxy groups -OCH3 is 2. The Balaban J connectivity index is 2.85. The van der Waals surface area contributed by atoms with Crippen LogP contribution in [0.2, 0.25) is 0 Å². The van der Waals surface area contributed by atoms with Crippen molar-refractivity contribution in [3.05, 3.63) is 17.7 Å². The minimum atomic E-state index is 0.446. The number of hydrogen-bond donors (Lipinski definition) is 1. The Kier molecular flexibility index (Phi) is 7.98. The van der Waals surface area contributed by atoms with E-state index in [-0.39, 0.29) is 0 Å². The smallest absolute Gasteiger partial charge is 0.203 e. The van der Waals surface area contributed by atoms with Crippen LogP contribution in [0.4, 0.5) is 0 Å². The summed E-state index contributed by atoms with van der Waals surface area (Å²) in [5.41, 5.74) is 6.66. The van der Waals surface area contributed by atoms with Crippen LogP contribution in [0.5, 0.6) is 17.2 Å². The molecule has 1 unspecified atom stereocenters. The maximum atomic E-state index is 6.01. The van der Waals surface area contributed by atoms with Gasteiger partial charge in [0.1, 0.15) is 0 Å². The van der Waals surface area contributed by atoms with Gasteiger partial charge in [-0.3, -0.25) is 0 Å². The predicted octanol–water partition coefficient (Wildman–Crippen LogP) is 3.76. The molecule has 4 heteroatoms. The number of hydrogen-bond acceptors (Lipinski definition) is 4. The molecule has 1 atom stereocenters. The van der Waals surface area contributed by atoms with Crippen LogP contribution in [-0.4, -0.2) is 20.8 Å². The van der Waals surface area contributed by atoms with Crippen molar-refractivity contribution >= 4 is 0 Å². The van der Waals surface area contributed by atoms with E-state index in [9.17, 15) is 0 Å². The van der Waals surface area contributed by atoms with Gasteiger partial charge in [-0.2, -0.15) is 0 Å². The minimum absolute atomic E-state index is 0.446. The molecule has 0 amide bonds. The molecule has 0 aliphatic carbocycles. The van der Waals surface area contributed by atoms with Crippen LogP contribution in [0.25, 0.3) is 0 Å². The summed E-state index contributed by atoms with van der Waals surface area (Å²) in [4.78, 5) is 0. The van der Waals surface area contributed by atoms with Crippen LogP contribution in [0.3, 0.4) is 0 Å². The molecule has 1 aromatic rings. The Hall–Kier alpha value is -1.42. The SMILES string of the molecule is CCCCC(CC)COc1c(OC)cc(CN)cc1OC. The summed E-state index contributed by atoms with van der Waals surface area (Å²) in [5.74, 6) is 2.60. The highest BCUT2D eigenvalue weighted by Crippen LogP contribution is 2.39. The normalized spacial score (nSPS) is 12.0. The van der Waals surface area contributed by atoms with E-state index in [4.69, 9.17) is 19.9 Å². The van der Waals surface area contributed by atoms with Gasteiger partial charge in [0.2, 0.25) is 5.75 Å². The first kappa shape index (κ1) is 17.6. The lowest BCUT2D eigenvalue weighted by molar-refractivity contribution is 0.215. The van der Waals surface area contributed by atoms with Crippen molar-refractivity contribution in [2.24, 2.45) is 11.7 Å². The molecule has 2 N–H and O–H groups in total. The highest BCUT2D eigenvalue weighted by Gasteiger charge is 2.16. The average molecular weight is 295 g/mol. The largest absolute Gasteiger partial charge is 0.493 e. The van der Waals surface area contributed by atoms with Crippen molar-refractivity contribution < 1.29 is 14.2 Å². The van der Waals surface area contributed by atoms with Gasteiger partial charge in [-0.15, -0.1) is 0 Å². The third-order valence-corrected chi connectivity index (χ3v) is 3.76. The molecule has 0 aromatic heterocycles. The maximum absolute atomic E-state index is 6.01. The van der Waals surface area contributed by atoms with Crippen LogP contribution in [-0.2, 0) is 6.54 Å². The maximum Gasteiger partial charge on any atom is 0.203 e. The summed E-state index contributed by atoms with van der Waals surface area (Å²) in [7, 11) is 3.27. The first-order valence-corrected chi connectivity index (χ1v) is 7.77. The molecule has 0 bridgehead atoms. The monoisotopic (exact) mass is 295 g/mol. The summed E-state index contributed by atoms with van der Waals surface area (Å²) in [6, 6.07) is 3.82. The second kappa shape index (κ2) is 9.50. The van der Waals surface area contributed by atoms with Crippen molar-refractivity contribution in [1.82, 2.24) is 0 Å². The highest BCUT2D eigenvalue weighted by atomic mass is 16.5. The summed E-state index contributed by atoms with van der Waals surface area (Å²) in [6.45, 7) is 5.55. The Morgan fingerprint density at radius 1 is 1.10 bits per heavy atom. The molecule has 1 aromatic carbocycles. The van der Waals surface area contributed by atoms with Crippen LogP contribution in [0.15, 0.2) is 12.1 Å². The van der Waals surface area contributed by atoms with E-state index in [0.29, 0.717) is 36.3 Å². The van der Waals surface area contributed by atoms with Gasteiger partial charge in [0.15, 0.2) is 11.5 Å². The third kappa shape index (κ3) is 5.12. The second-order valence-corrected chi connectivity index (χ2v) is 5.26. The van der Waals surface area contributed by atoms with Gasteiger partial charge in [-0.1, -0.05) is 33.1 Å². The number of unbranched alkanes of at least 4 members (excludes halogenated alkanes) is 1. The average Bonchev–Trinajstić information content (AvgIpc) is 2.54. The van der Waals surface area contributed by atoms with Crippen molar-refractivity contribution in [3.8, 4) is 17.2 Å². The van der Waals surface area contributed by atoms with Crippen LogP contribution in [0, 0.1) is 5.92 Å². The fraction of sp³-hybridized carbons (Fsp3) is 0.647. The van der Waals surface area contributed by atoms with E-state index in [1.807, 2.05) is 12.1 Å². The lowest BCUT2D eigenvalue weighted by Gasteiger charge is -2.19. The molecular weight excluding hydrogens is 266 g/mol. The molecule has 21 heavy (non-hydrogen) atoms.